The number of thiocarbonyl (C=S) groups is 1. The van der Waals surface area contributed by atoms with Gasteiger partial charge in [0.2, 0.25) is 6.79 Å². The van der Waals surface area contributed by atoms with Gasteiger partial charge in [0.1, 0.15) is 5.69 Å². The number of hydrogen-bond acceptors (Lipinski definition) is 6. The van der Waals surface area contributed by atoms with Crippen molar-refractivity contribution < 1.29 is 14.4 Å². The molecule has 3 rings (SSSR count). The fourth-order valence-electron chi connectivity index (χ4n) is 2.45. The lowest BCUT2D eigenvalue weighted by Crippen LogP contribution is -2.37. The number of para-hydroxylation sites is 2. The van der Waals surface area contributed by atoms with Gasteiger partial charge in [0.05, 0.1) is 4.92 Å². The average molecular weight is 374 g/mol. The Bertz CT molecular complexity index is 815. The maximum Gasteiger partial charge on any atom is 0.292 e. The minimum Gasteiger partial charge on any atom is -0.454 e. The van der Waals surface area contributed by atoms with Gasteiger partial charge in [-0.1, -0.05) is 18.2 Å². The normalized spacial score (nSPS) is 11.7. The van der Waals surface area contributed by atoms with E-state index >= 15 is 0 Å². The first-order chi connectivity index (χ1) is 12.6. The topological polar surface area (TPSA) is 97.7 Å². The van der Waals surface area contributed by atoms with Crippen LogP contribution in [0.1, 0.15) is 5.56 Å². The highest BCUT2D eigenvalue weighted by atomic mass is 32.1. The SMILES string of the molecule is O=[N+]([O-])c1ccccc1NCCNC(=S)NCc1ccc2c(c1)OCO2. The Morgan fingerprint density at radius 2 is 1.92 bits per heavy atom. The highest BCUT2D eigenvalue weighted by Gasteiger charge is 2.13. The van der Waals surface area contributed by atoms with E-state index < -0.39 is 4.92 Å². The highest BCUT2D eigenvalue weighted by Crippen LogP contribution is 2.32. The Morgan fingerprint density at radius 3 is 2.77 bits per heavy atom. The number of nitrogens with one attached hydrogen (secondary N) is 3. The molecule has 3 N–H and O–H groups in total. The zero-order valence-corrected chi connectivity index (χ0v) is 14.7. The van der Waals surface area contributed by atoms with Crippen LogP contribution in [0.15, 0.2) is 42.5 Å². The molecule has 0 spiro atoms. The van der Waals surface area contributed by atoms with Crippen molar-refractivity contribution in [3.05, 3.63) is 58.1 Å². The number of fused-ring (bicyclic) bond motifs is 1. The first-order valence-corrected chi connectivity index (χ1v) is 8.42. The van der Waals surface area contributed by atoms with Crippen LogP contribution in [0.5, 0.6) is 11.5 Å². The standard InChI is InChI=1S/C17H18N4O4S/c22-21(23)14-4-2-1-3-13(14)18-7-8-19-17(26)20-10-12-5-6-15-16(9-12)25-11-24-15/h1-6,9,18H,7-8,10-11H2,(H2,19,20,26). The monoisotopic (exact) mass is 374 g/mol. The van der Waals surface area contributed by atoms with Crippen LogP contribution < -0.4 is 25.4 Å². The zero-order valence-electron chi connectivity index (χ0n) is 13.9. The molecule has 8 nitrogen and oxygen atoms in total. The molecule has 0 fully saturated rings. The van der Waals surface area contributed by atoms with E-state index in [4.69, 9.17) is 21.7 Å². The third-order valence-electron chi connectivity index (χ3n) is 3.72. The van der Waals surface area contributed by atoms with Crippen molar-refractivity contribution in [2.24, 2.45) is 0 Å². The minimum atomic E-state index is -0.409. The predicted molar refractivity (Wildman–Crippen MR) is 102 cm³/mol. The smallest absolute Gasteiger partial charge is 0.292 e. The van der Waals surface area contributed by atoms with Gasteiger partial charge in [-0.25, -0.2) is 0 Å². The Hall–Kier alpha value is -3.07. The van der Waals surface area contributed by atoms with Crippen molar-refractivity contribution in [2.45, 2.75) is 6.54 Å². The summed E-state index contributed by atoms with van der Waals surface area (Å²) in [7, 11) is 0. The van der Waals surface area contributed by atoms with E-state index in [2.05, 4.69) is 16.0 Å². The van der Waals surface area contributed by atoms with E-state index in [0.717, 1.165) is 17.1 Å². The lowest BCUT2D eigenvalue weighted by atomic mass is 10.2. The van der Waals surface area contributed by atoms with Crippen LogP contribution in [0, 0.1) is 10.1 Å². The lowest BCUT2D eigenvalue weighted by Gasteiger charge is -2.12. The van der Waals surface area contributed by atoms with Crippen molar-refractivity contribution in [2.75, 3.05) is 25.2 Å². The molecule has 0 saturated heterocycles. The van der Waals surface area contributed by atoms with Gasteiger partial charge in [0, 0.05) is 25.7 Å². The number of anilines is 1. The summed E-state index contributed by atoms with van der Waals surface area (Å²) in [6, 6.07) is 12.2. The summed E-state index contributed by atoms with van der Waals surface area (Å²) in [5.41, 5.74) is 1.56. The fourth-order valence-corrected chi connectivity index (χ4v) is 2.63. The molecule has 0 atom stereocenters. The first kappa shape index (κ1) is 17.7. The predicted octanol–water partition coefficient (Wildman–Crippen LogP) is 2.40. The van der Waals surface area contributed by atoms with Crippen molar-refractivity contribution >= 4 is 28.7 Å². The molecule has 0 radical (unpaired) electrons. The highest BCUT2D eigenvalue weighted by molar-refractivity contribution is 7.80. The van der Waals surface area contributed by atoms with Crippen molar-refractivity contribution in [1.29, 1.82) is 0 Å². The first-order valence-electron chi connectivity index (χ1n) is 8.01. The van der Waals surface area contributed by atoms with Crippen LogP contribution in [-0.2, 0) is 6.54 Å². The van der Waals surface area contributed by atoms with Gasteiger partial charge >= 0.3 is 0 Å². The Morgan fingerprint density at radius 1 is 1.12 bits per heavy atom. The third kappa shape index (κ3) is 4.51. The molecule has 1 aliphatic heterocycles. The molecule has 2 aromatic carbocycles. The number of hydrogen-bond donors (Lipinski definition) is 3. The zero-order chi connectivity index (χ0) is 18.4. The van der Waals surface area contributed by atoms with E-state index in [1.807, 2.05) is 18.2 Å². The second-order valence-electron chi connectivity index (χ2n) is 5.50. The molecule has 0 unspecified atom stereocenters. The fraction of sp³-hybridized carbons (Fsp3) is 0.235. The van der Waals surface area contributed by atoms with Crippen LogP contribution >= 0.6 is 12.2 Å². The average Bonchev–Trinajstić information content (AvgIpc) is 3.11. The van der Waals surface area contributed by atoms with E-state index in [1.54, 1.807) is 18.2 Å². The van der Waals surface area contributed by atoms with E-state index in [9.17, 15) is 10.1 Å². The third-order valence-corrected chi connectivity index (χ3v) is 4.01. The van der Waals surface area contributed by atoms with E-state index in [-0.39, 0.29) is 12.5 Å². The Balaban J connectivity index is 1.39. The van der Waals surface area contributed by atoms with Gasteiger partial charge in [-0.2, -0.15) is 0 Å². The molecule has 136 valence electrons. The molecule has 0 aliphatic carbocycles. The van der Waals surface area contributed by atoms with Gasteiger partial charge in [0.15, 0.2) is 16.6 Å². The molecule has 0 amide bonds. The van der Waals surface area contributed by atoms with Gasteiger partial charge in [-0.15, -0.1) is 0 Å². The number of nitro groups is 1. The van der Waals surface area contributed by atoms with E-state index in [1.165, 1.54) is 6.07 Å². The van der Waals surface area contributed by atoms with E-state index in [0.29, 0.717) is 30.4 Å². The maximum atomic E-state index is 11.0. The molecule has 0 bridgehead atoms. The summed E-state index contributed by atoms with van der Waals surface area (Å²) >= 11 is 5.24. The summed E-state index contributed by atoms with van der Waals surface area (Å²) in [4.78, 5) is 10.5. The molecule has 26 heavy (non-hydrogen) atoms. The molecule has 2 aromatic rings. The van der Waals surface area contributed by atoms with Crippen LogP contribution in [0.3, 0.4) is 0 Å². The van der Waals surface area contributed by atoms with Crippen molar-refractivity contribution in [3.8, 4) is 11.5 Å². The Kier molecular flexibility index (Phi) is 5.69. The van der Waals surface area contributed by atoms with Gasteiger partial charge < -0.3 is 25.4 Å². The number of benzene rings is 2. The second-order valence-corrected chi connectivity index (χ2v) is 5.91. The van der Waals surface area contributed by atoms with Gasteiger partial charge in [-0.05, 0) is 36.0 Å². The number of nitro benzene ring substituents is 1. The van der Waals surface area contributed by atoms with Gasteiger partial charge in [0.25, 0.3) is 5.69 Å². The van der Waals surface area contributed by atoms with Gasteiger partial charge in [-0.3, -0.25) is 10.1 Å². The molecule has 0 saturated carbocycles. The van der Waals surface area contributed by atoms with Crippen molar-refractivity contribution in [3.63, 3.8) is 0 Å². The minimum absolute atomic E-state index is 0.0519. The summed E-state index contributed by atoms with van der Waals surface area (Å²) in [6.07, 6.45) is 0. The molecule has 1 heterocycles. The summed E-state index contributed by atoms with van der Waals surface area (Å²) in [5.74, 6) is 1.48. The molecular formula is C17H18N4O4S. The number of ether oxygens (including phenoxy) is 2. The van der Waals surface area contributed by atoms with Crippen LogP contribution in [0.25, 0.3) is 0 Å². The molecule has 9 heteroatoms. The maximum absolute atomic E-state index is 11.0. The largest absolute Gasteiger partial charge is 0.454 e. The quantitative estimate of drug-likeness (QED) is 0.294. The van der Waals surface area contributed by atoms with Crippen molar-refractivity contribution in [1.82, 2.24) is 10.6 Å². The lowest BCUT2D eigenvalue weighted by molar-refractivity contribution is -0.384. The summed E-state index contributed by atoms with van der Waals surface area (Å²) < 4.78 is 10.6. The molecule has 1 aliphatic rings. The van der Waals surface area contributed by atoms with Crippen LogP contribution in [0.4, 0.5) is 11.4 Å². The summed E-state index contributed by atoms with van der Waals surface area (Å²) in [5, 5.41) is 20.7. The van der Waals surface area contributed by atoms with Crippen LogP contribution in [-0.4, -0.2) is 29.9 Å². The van der Waals surface area contributed by atoms with Crippen LogP contribution in [0.2, 0.25) is 0 Å². The molecular weight excluding hydrogens is 356 g/mol. The number of rotatable bonds is 7. The number of nitrogens with zero attached hydrogens (tertiary/aromatic N) is 1. The molecule has 0 aromatic heterocycles. The second kappa shape index (κ2) is 8.34. The summed E-state index contributed by atoms with van der Waals surface area (Å²) in [6.45, 7) is 1.83. The Labute approximate surface area is 155 Å².